The van der Waals surface area contributed by atoms with Crippen molar-refractivity contribution in [3.63, 3.8) is 0 Å². The Bertz CT molecular complexity index is 703. The Morgan fingerprint density at radius 3 is 2.80 bits per heavy atom. The summed E-state index contributed by atoms with van der Waals surface area (Å²) >= 11 is 2.25. The van der Waals surface area contributed by atoms with E-state index in [4.69, 9.17) is 4.74 Å². The Hall–Kier alpha value is -1.65. The van der Waals surface area contributed by atoms with Gasteiger partial charge in [0.2, 0.25) is 0 Å². The minimum Gasteiger partial charge on any atom is -0.512 e. The van der Waals surface area contributed by atoms with Crippen LogP contribution in [-0.4, -0.2) is 54.9 Å². The van der Waals surface area contributed by atoms with Crippen molar-refractivity contribution >= 4 is 34.5 Å². The van der Waals surface area contributed by atoms with Gasteiger partial charge in [-0.25, -0.2) is 0 Å². The zero-order valence-corrected chi connectivity index (χ0v) is 15.9. The molecule has 2 unspecified atom stereocenters. The van der Waals surface area contributed by atoms with Gasteiger partial charge < -0.3 is 19.9 Å². The number of rotatable bonds is 4. The SMILES string of the molecule is COC(=O)CNC(=O)C1=C(O)CCN2C1OCC2c1ccc(I)cc1. The highest BCUT2D eigenvalue weighted by molar-refractivity contribution is 14.1. The molecule has 2 aliphatic rings. The van der Waals surface area contributed by atoms with E-state index in [1.807, 2.05) is 24.3 Å². The fraction of sp³-hybridized carbons (Fsp3) is 0.412. The van der Waals surface area contributed by atoms with Gasteiger partial charge in [0.1, 0.15) is 18.5 Å². The van der Waals surface area contributed by atoms with E-state index < -0.39 is 18.1 Å². The van der Waals surface area contributed by atoms with Gasteiger partial charge in [0.15, 0.2) is 0 Å². The number of aliphatic hydroxyl groups excluding tert-OH is 1. The third-order valence-corrected chi connectivity index (χ3v) is 5.12. The highest BCUT2D eigenvalue weighted by Crippen LogP contribution is 2.37. The molecule has 0 aliphatic carbocycles. The van der Waals surface area contributed by atoms with Crippen molar-refractivity contribution in [2.24, 2.45) is 0 Å². The first-order chi connectivity index (χ1) is 12.0. The maximum atomic E-state index is 12.4. The lowest BCUT2D eigenvalue weighted by atomic mass is 10.0. The van der Waals surface area contributed by atoms with Crippen LogP contribution in [0.1, 0.15) is 18.0 Å². The molecule has 3 rings (SSSR count). The van der Waals surface area contributed by atoms with Gasteiger partial charge in [0.05, 0.1) is 25.3 Å². The average molecular weight is 458 g/mol. The molecule has 134 valence electrons. The number of hydrogen-bond donors (Lipinski definition) is 2. The second kappa shape index (κ2) is 7.71. The van der Waals surface area contributed by atoms with Gasteiger partial charge in [0, 0.05) is 16.5 Å². The number of nitrogens with one attached hydrogen (secondary N) is 1. The highest BCUT2D eigenvalue weighted by Gasteiger charge is 2.43. The van der Waals surface area contributed by atoms with E-state index in [9.17, 15) is 14.7 Å². The summed E-state index contributed by atoms with van der Waals surface area (Å²) in [5.74, 6) is -1.06. The van der Waals surface area contributed by atoms with Crippen LogP contribution in [0.15, 0.2) is 35.6 Å². The van der Waals surface area contributed by atoms with Crippen molar-refractivity contribution < 1.29 is 24.2 Å². The predicted octanol–water partition coefficient (Wildman–Crippen LogP) is 1.50. The first-order valence-electron chi connectivity index (χ1n) is 7.91. The minimum atomic E-state index is -0.615. The molecule has 0 saturated carbocycles. The molecule has 2 N–H and O–H groups in total. The molecule has 1 aromatic carbocycles. The van der Waals surface area contributed by atoms with E-state index in [1.54, 1.807) is 0 Å². The van der Waals surface area contributed by atoms with E-state index in [-0.39, 0.29) is 23.9 Å². The van der Waals surface area contributed by atoms with E-state index in [0.29, 0.717) is 19.6 Å². The van der Waals surface area contributed by atoms with Crippen LogP contribution >= 0.6 is 22.6 Å². The Kier molecular flexibility index (Phi) is 5.60. The number of nitrogens with zero attached hydrogens (tertiary/aromatic N) is 1. The number of halogens is 1. The third-order valence-electron chi connectivity index (χ3n) is 4.40. The Balaban J connectivity index is 1.77. The van der Waals surface area contributed by atoms with Gasteiger partial charge in [-0.3, -0.25) is 14.5 Å². The lowest BCUT2D eigenvalue weighted by Gasteiger charge is -2.33. The summed E-state index contributed by atoms with van der Waals surface area (Å²) in [6.07, 6.45) is -0.252. The Labute approximate surface area is 159 Å². The molecule has 8 heteroatoms. The first-order valence-corrected chi connectivity index (χ1v) is 8.99. The van der Waals surface area contributed by atoms with Gasteiger partial charge in [0.25, 0.3) is 5.91 Å². The molecule has 2 atom stereocenters. The molecule has 0 radical (unpaired) electrons. The summed E-state index contributed by atoms with van der Waals surface area (Å²) in [7, 11) is 1.25. The van der Waals surface area contributed by atoms with Crippen LogP contribution in [0, 0.1) is 3.57 Å². The molecular formula is C17H19IN2O5. The molecule has 1 fully saturated rings. The molecular weight excluding hydrogens is 439 g/mol. The molecule has 0 spiro atoms. The zero-order valence-electron chi connectivity index (χ0n) is 13.7. The fourth-order valence-corrected chi connectivity index (χ4v) is 3.47. The summed E-state index contributed by atoms with van der Waals surface area (Å²) in [5.41, 5.74) is 1.28. The maximum absolute atomic E-state index is 12.4. The predicted molar refractivity (Wildman–Crippen MR) is 97.6 cm³/mol. The second-order valence-corrected chi connectivity index (χ2v) is 7.11. The summed E-state index contributed by atoms with van der Waals surface area (Å²) in [6, 6.07) is 8.19. The number of esters is 1. The Morgan fingerprint density at radius 2 is 2.12 bits per heavy atom. The molecule has 2 heterocycles. The lowest BCUT2D eigenvalue weighted by molar-refractivity contribution is -0.141. The second-order valence-electron chi connectivity index (χ2n) is 5.86. The van der Waals surface area contributed by atoms with Crippen molar-refractivity contribution in [3.8, 4) is 0 Å². The highest BCUT2D eigenvalue weighted by atomic mass is 127. The summed E-state index contributed by atoms with van der Waals surface area (Å²) in [6.45, 7) is 0.784. The molecule has 0 bridgehead atoms. The molecule has 7 nitrogen and oxygen atoms in total. The van der Waals surface area contributed by atoms with Gasteiger partial charge in [-0.1, -0.05) is 12.1 Å². The summed E-state index contributed by atoms with van der Waals surface area (Å²) in [4.78, 5) is 25.7. The molecule has 1 aromatic rings. The number of fused-ring (bicyclic) bond motifs is 1. The van der Waals surface area contributed by atoms with Crippen molar-refractivity contribution in [3.05, 3.63) is 44.7 Å². The monoisotopic (exact) mass is 458 g/mol. The van der Waals surface area contributed by atoms with Crippen LogP contribution in [0.25, 0.3) is 0 Å². The van der Waals surface area contributed by atoms with Crippen LogP contribution in [0.2, 0.25) is 0 Å². The topological polar surface area (TPSA) is 88.1 Å². The van der Waals surface area contributed by atoms with Crippen LogP contribution in [0.4, 0.5) is 0 Å². The van der Waals surface area contributed by atoms with Crippen LogP contribution in [-0.2, 0) is 19.1 Å². The number of hydrogen-bond acceptors (Lipinski definition) is 6. The summed E-state index contributed by atoms with van der Waals surface area (Å²) < 4.78 is 11.5. The molecule has 25 heavy (non-hydrogen) atoms. The first kappa shape index (κ1) is 18.2. The van der Waals surface area contributed by atoms with Crippen molar-refractivity contribution in [2.75, 3.05) is 26.8 Å². The van der Waals surface area contributed by atoms with Crippen LogP contribution in [0.5, 0.6) is 0 Å². The molecule has 0 aromatic heterocycles. The number of carbonyl (C=O) groups excluding carboxylic acids is 2. The molecule has 1 amide bonds. The van der Waals surface area contributed by atoms with Crippen molar-refractivity contribution in [2.45, 2.75) is 18.7 Å². The van der Waals surface area contributed by atoms with Gasteiger partial charge in [-0.05, 0) is 40.3 Å². The third kappa shape index (κ3) is 3.80. The smallest absolute Gasteiger partial charge is 0.325 e. The Morgan fingerprint density at radius 1 is 1.40 bits per heavy atom. The number of aliphatic hydroxyl groups is 1. The standard InChI is InChI=1S/C17H19IN2O5/c1-24-14(22)8-19-16(23)15-13(21)6-7-20-12(9-25-17(15)20)10-2-4-11(18)5-3-10/h2-5,12,17,21H,6-9H2,1H3,(H,19,23). The van der Waals surface area contributed by atoms with Gasteiger partial charge >= 0.3 is 5.97 Å². The van der Waals surface area contributed by atoms with E-state index in [0.717, 1.165) is 9.13 Å². The summed E-state index contributed by atoms with van der Waals surface area (Å²) in [5, 5.41) is 12.7. The molecule has 2 aliphatic heterocycles. The number of amides is 1. The fourth-order valence-electron chi connectivity index (χ4n) is 3.11. The zero-order chi connectivity index (χ0) is 18.0. The quantitative estimate of drug-likeness (QED) is 0.526. The number of benzene rings is 1. The normalized spacial score (nSPS) is 23.3. The van der Waals surface area contributed by atoms with E-state index in [2.05, 4.69) is 37.5 Å². The minimum absolute atomic E-state index is 0.00637. The maximum Gasteiger partial charge on any atom is 0.325 e. The number of ether oxygens (including phenoxy) is 2. The molecule has 1 saturated heterocycles. The average Bonchev–Trinajstić information content (AvgIpc) is 3.03. The number of carbonyl (C=O) groups is 2. The van der Waals surface area contributed by atoms with Crippen molar-refractivity contribution in [1.29, 1.82) is 0 Å². The van der Waals surface area contributed by atoms with E-state index >= 15 is 0 Å². The van der Waals surface area contributed by atoms with Gasteiger partial charge in [-0.2, -0.15) is 0 Å². The largest absolute Gasteiger partial charge is 0.512 e. The van der Waals surface area contributed by atoms with Crippen molar-refractivity contribution in [1.82, 2.24) is 10.2 Å². The van der Waals surface area contributed by atoms with Crippen LogP contribution in [0.3, 0.4) is 0 Å². The van der Waals surface area contributed by atoms with Crippen LogP contribution < -0.4 is 5.32 Å². The number of methoxy groups -OCH3 is 1. The lowest BCUT2D eigenvalue weighted by Crippen LogP contribution is -2.44. The van der Waals surface area contributed by atoms with E-state index in [1.165, 1.54) is 7.11 Å². The van der Waals surface area contributed by atoms with Gasteiger partial charge in [-0.15, -0.1) is 0 Å².